The molecule has 2 aromatic heterocycles. The largest absolute Gasteiger partial charge is 0.333 e. The van der Waals surface area contributed by atoms with Gasteiger partial charge in [0, 0.05) is 25.8 Å². The predicted octanol–water partition coefficient (Wildman–Crippen LogP) is 10.3. The van der Waals surface area contributed by atoms with Gasteiger partial charge in [-0.05, 0) is 69.5 Å². The molecule has 1 radical (unpaired) electrons. The van der Waals surface area contributed by atoms with Crippen LogP contribution >= 0.6 is 23.1 Å². The predicted molar refractivity (Wildman–Crippen MR) is 166 cm³/mol. The maximum atomic E-state index is 5.25. The molecule has 6 rings (SSSR count). The molecule has 0 saturated heterocycles. The standard InChI is InChI=1S/C34H31N2S2.Ir/c1-21(2)26-17-24(23-11-7-6-8-12-23)18-27(22(3)4)33(26)36-31-14-10-9-13-30(31)35-34(36)29-20-38-32-16-15-25(37-5)19-28(29)32;/h6-19,21-22H,1-5H3;/q-1;. The second-order valence-corrected chi connectivity index (χ2v) is 12.1. The van der Waals surface area contributed by atoms with Crippen molar-refractivity contribution >= 4 is 44.2 Å². The van der Waals surface area contributed by atoms with Gasteiger partial charge in [0.15, 0.2) is 0 Å². The minimum absolute atomic E-state index is 0. The summed E-state index contributed by atoms with van der Waals surface area (Å²) in [6.45, 7) is 9.20. The van der Waals surface area contributed by atoms with E-state index in [4.69, 9.17) is 4.98 Å². The Morgan fingerprint density at radius 3 is 2.13 bits per heavy atom. The Bertz CT molecular complexity index is 1730. The van der Waals surface area contributed by atoms with Crippen molar-refractivity contribution in [3.05, 3.63) is 101 Å². The molecule has 199 valence electrons. The number of nitrogens with zero attached hydrogens (tertiary/aromatic N) is 2. The van der Waals surface area contributed by atoms with Crippen molar-refractivity contribution in [1.82, 2.24) is 9.55 Å². The van der Waals surface area contributed by atoms with Crippen LogP contribution in [-0.2, 0) is 20.1 Å². The Hall–Kier alpha value is -2.69. The van der Waals surface area contributed by atoms with Crippen molar-refractivity contribution in [3.8, 4) is 28.2 Å². The van der Waals surface area contributed by atoms with Gasteiger partial charge < -0.3 is 4.57 Å². The zero-order valence-corrected chi connectivity index (χ0v) is 26.8. The summed E-state index contributed by atoms with van der Waals surface area (Å²) in [6, 6.07) is 30.7. The molecule has 0 N–H and O–H groups in total. The third kappa shape index (κ3) is 5.02. The second kappa shape index (κ2) is 11.4. The molecule has 2 heterocycles. The number of hydrogen-bond donors (Lipinski definition) is 0. The third-order valence-corrected chi connectivity index (χ3v) is 8.85. The number of thiophene rings is 1. The van der Waals surface area contributed by atoms with E-state index in [2.05, 4.69) is 129 Å². The Kier molecular flexibility index (Phi) is 8.16. The van der Waals surface area contributed by atoms with Gasteiger partial charge in [-0.2, -0.15) is 0 Å². The molecule has 0 fully saturated rings. The van der Waals surface area contributed by atoms with Gasteiger partial charge in [-0.3, -0.25) is 16.3 Å². The maximum Gasteiger partial charge on any atom is 0.0774 e. The van der Waals surface area contributed by atoms with Crippen molar-refractivity contribution in [3.63, 3.8) is 0 Å². The summed E-state index contributed by atoms with van der Waals surface area (Å²) < 4.78 is 3.66. The van der Waals surface area contributed by atoms with Crippen LogP contribution in [0.15, 0.2) is 89.8 Å². The van der Waals surface area contributed by atoms with E-state index in [0.717, 1.165) is 22.4 Å². The third-order valence-electron chi connectivity index (χ3n) is 7.25. The molecule has 0 aliphatic heterocycles. The molecular formula is C34H31IrN2S2-. The summed E-state index contributed by atoms with van der Waals surface area (Å²) in [7, 11) is 0. The molecule has 5 heteroatoms. The van der Waals surface area contributed by atoms with Crippen LogP contribution in [0.2, 0.25) is 0 Å². The van der Waals surface area contributed by atoms with Crippen LogP contribution in [0.1, 0.15) is 50.7 Å². The van der Waals surface area contributed by atoms with E-state index in [1.54, 1.807) is 23.1 Å². The molecule has 0 amide bonds. The van der Waals surface area contributed by atoms with Crippen molar-refractivity contribution in [1.29, 1.82) is 0 Å². The Balaban J connectivity index is 0.00000308. The summed E-state index contributed by atoms with van der Waals surface area (Å²) >= 11 is 3.45. The van der Waals surface area contributed by atoms with E-state index in [0.29, 0.717) is 11.8 Å². The summed E-state index contributed by atoms with van der Waals surface area (Å²) in [6.07, 6.45) is 2.13. The van der Waals surface area contributed by atoms with Crippen LogP contribution in [-0.4, -0.2) is 15.8 Å². The average Bonchev–Trinajstić information content (AvgIpc) is 3.53. The SMILES string of the molecule is CSc1ccc2s[c-]c(-c3nc4ccccc4n3-c3c(C(C)C)cc(-c4ccccc4)cc3C(C)C)c2c1.[Ir]. The van der Waals surface area contributed by atoms with Crippen molar-refractivity contribution in [2.24, 2.45) is 0 Å². The van der Waals surface area contributed by atoms with Crippen molar-refractivity contribution < 1.29 is 20.1 Å². The second-order valence-electron chi connectivity index (χ2n) is 10.4. The molecule has 0 spiro atoms. The fourth-order valence-corrected chi connectivity index (χ4v) is 6.54. The van der Waals surface area contributed by atoms with Gasteiger partial charge in [0.2, 0.25) is 0 Å². The van der Waals surface area contributed by atoms with Gasteiger partial charge in [0.05, 0.1) is 16.9 Å². The van der Waals surface area contributed by atoms with E-state index < -0.39 is 0 Å². The first kappa shape index (κ1) is 27.9. The van der Waals surface area contributed by atoms with Gasteiger partial charge in [-0.15, -0.1) is 17.1 Å². The van der Waals surface area contributed by atoms with Gasteiger partial charge >= 0.3 is 0 Å². The number of thioether (sulfide) groups is 1. The summed E-state index contributed by atoms with van der Waals surface area (Å²) in [5.74, 6) is 1.64. The van der Waals surface area contributed by atoms with Gasteiger partial charge in [-0.25, -0.2) is 0 Å². The minimum atomic E-state index is 0. The number of para-hydroxylation sites is 2. The molecule has 0 saturated carbocycles. The van der Waals surface area contributed by atoms with Crippen LogP contribution in [0, 0.1) is 5.38 Å². The molecule has 39 heavy (non-hydrogen) atoms. The molecule has 0 atom stereocenters. The smallest absolute Gasteiger partial charge is 0.0774 e. The number of fused-ring (bicyclic) bond motifs is 2. The van der Waals surface area contributed by atoms with E-state index in [9.17, 15) is 0 Å². The van der Waals surface area contributed by atoms with Crippen LogP contribution < -0.4 is 0 Å². The number of benzene rings is 4. The number of imidazole rings is 1. The minimum Gasteiger partial charge on any atom is -0.333 e. The van der Waals surface area contributed by atoms with Gasteiger partial charge in [0.1, 0.15) is 0 Å². The first-order valence-corrected chi connectivity index (χ1v) is 15.2. The molecule has 2 nitrogen and oxygen atoms in total. The quantitative estimate of drug-likeness (QED) is 0.126. The monoisotopic (exact) mass is 724 g/mol. The van der Waals surface area contributed by atoms with Gasteiger partial charge in [0.25, 0.3) is 0 Å². The summed E-state index contributed by atoms with van der Waals surface area (Å²) in [5.41, 5.74) is 9.67. The fourth-order valence-electron chi connectivity index (χ4n) is 5.28. The van der Waals surface area contributed by atoms with E-state index in [1.807, 2.05) is 0 Å². The summed E-state index contributed by atoms with van der Waals surface area (Å²) in [4.78, 5) is 6.51. The Morgan fingerprint density at radius 1 is 0.795 bits per heavy atom. The normalized spacial score (nSPS) is 11.6. The zero-order valence-electron chi connectivity index (χ0n) is 22.8. The average molecular weight is 724 g/mol. The maximum absolute atomic E-state index is 5.25. The van der Waals surface area contributed by atoms with E-state index in [-0.39, 0.29) is 20.1 Å². The van der Waals surface area contributed by atoms with Crippen LogP contribution in [0.25, 0.3) is 49.3 Å². The topological polar surface area (TPSA) is 17.8 Å². The number of rotatable bonds is 6. The number of hydrogen-bond acceptors (Lipinski definition) is 3. The van der Waals surface area contributed by atoms with Crippen LogP contribution in [0.3, 0.4) is 0 Å². The molecule has 4 aromatic carbocycles. The molecular weight excluding hydrogens is 693 g/mol. The first-order chi connectivity index (χ1) is 18.5. The Labute approximate surface area is 252 Å². The van der Waals surface area contributed by atoms with E-state index in [1.165, 1.54) is 42.9 Å². The van der Waals surface area contributed by atoms with Crippen LogP contribution in [0.5, 0.6) is 0 Å². The van der Waals surface area contributed by atoms with Crippen molar-refractivity contribution in [2.75, 3.05) is 6.26 Å². The Morgan fingerprint density at radius 2 is 1.46 bits per heavy atom. The first-order valence-electron chi connectivity index (χ1n) is 13.2. The van der Waals surface area contributed by atoms with E-state index >= 15 is 0 Å². The number of aromatic nitrogens is 2. The van der Waals surface area contributed by atoms with Crippen molar-refractivity contribution in [2.45, 2.75) is 44.4 Å². The van der Waals surface area contributed by atoms with Gasteiger partial charge in [-0.1, -0.05) is 104 Å². The molecule has 0 aliphatic carbocycles. The zero-order chi connectivity index (χ0) is 26.4. The molecule has 0 bridgehead atoms. The molecule has 6 aromatic rings. The molecule has 0 unspecified atom stereocenters. The van der Waals surface area contributed by atoms with Crippen LogP contribution in [0.4, 0.5) is 0 Å². The molecule has 0 aliphatic rings. The summed E-state index contributed by atoms with van der Waals surface area (Å²) in [5, 5.41) is 4.86. The fraction of sp³-hybridized carbons (Fsp3) is 0.206.